The Morgan fingerprint density at radius 3 is 2.67 bits per heavy atom. The molecule has 126 valence electrons. The van der Waals surface area contributed by atoms with E-state index < -0.39 is 0 Å². The first kappa shape index (κ1) is 17.7. The van der Waals surface area contributed by atoms with E-state index in [2.05, 4.69) is 15.8 Å². The van der Waals surface area contributed by atoms with Gasteiger partial charge in [0.25, 0.3) is 0 Å². The minimum absolute atomic E-state index is 0.473. The number of hydrogen-bond donors (Lipinski definition) is 2. The predicted octanol–water partition coefficient (Wildman–Crippen LogP) is 3.09. The van der Waals surface area contributed by atoms with Crippen LogP contribution in [0.2, 0.25) is 0 Å². The summed E-state index contributed by atoms with van der Waals surface area (Å²) in [5.74, 6) is 1.35. The molecule has 0 spiro atoms. The fourth-order valence-corrected chi connectivity index (χ4v) is 2.18. The molecule has 0 heterocycles. The smallest absolute Gasteiger partial charge is 0.186 e. The minimum Gasteiger partial charge on any atom is -0.493 e. The maximum absolute atomic E-state index is 5.88. The molecule has 0 aliphatic heterocycles. The number of hydrogen-bond acceptors (Lipinski definition) is 4. The highest BCUT2D eigenvalue weighted by atomic mass is 32.1. The number of hydrazone groups is 1. The first-order valence-electron chi connectivity index (χ1n) is 7.64. The van der Waals surface area contributed by atoms with Crippen molar-refractivity contribution in [3.05, 3.63) is 59.7 Å². The third-order valence-corrected chi connectivity index (χ3v) is 3.38. The second-order valence-corrected chi connectivity index (χ2v) is 5.32. The number of nitrogens with one attached hydrogen (secondary N) is 2. The van der Waals surface area contributed by atoms with Crippen LogP contribution in [0.5, 0.6) is 11.5 Å². The summed E-state index contributed by atoms with van der Waals surface area (Å²) in [7, 11) is 1.62. The summed E-state index contributed by atoms with van der Waals surface area (Å²) in [6.07, 6.45) is 1.68. The first-order valence-corrected chi connectivity index (χ1v) is 8.05. The number of rotatable bonds is 7. The molecule has 0 unspecified atom stereocenters. The summed E-state index contributed by atoms with van der Waals surface area (Å²) in [5.41, 5.74) is 4.73. The Morgan fingerprint density at radius 2 is 1.96 bits per heavy atom. The summed E-state index contributed by atoms with van der Waals surface area (Å²) in [6.45, 7) is 3.19. The van der Waals surface area contributed by atoms with Crippen LogP contribution in [-0.2, 0) is 6.61 Å². The van der Waals surface area contributed by atoms with Crippen molar-refractivity contribution in [1.29, 1.82) is 0 Å². The Morgan fingerprint density at radius 1 is 1.17 bits per heavy atom. The molecule has 5 nitrogen and oxygen atoms in total. The van der Waals surface area contributed by atoms with Crippen LogP contribution in [-0.4, -0.2) is 25.0 Å². The van der Waals surface area contributed by atoms with Gasteiger partial charge in [-0.2, -0.15) is 5.10 Å². The largest absolute Gasteiger partial charge is 0.493 e. The van der Waals surface area contributed by atoms with Gasteiger partial charge in [0.2, 0.25) is 0 Å². The molecule has 0 aliphatic carbocycles. The van der Waals surface area contributed by atoms with Crippen molar-refractivity contribution < 1.29 is 9.47 Å². The van der Waals surface area contributed by atoms with E-state index >= 15 is 0 Å². The van der Waals surface area contributed by atoms with E-state index in [9.17, 15) is 0 Å². The third-order valence-electron chi connectivity index (χ3n) is 3.14. The van der Waals surface area contributed by atoms with E-state index in [1.807, 2.05) is 55.5 Å². The summed E-state index contributed by atoms with van der Waals surface area (Å²) < 4.78 is 11.2. The second-order valence-electron chi connectivity index (χ2n) is 4.91. The second kappa shape index (κ2) is 9.52. The SMILES string of the molecule is CCNC(=S)NN=Cc1ccc(OC)c(OCc2ccccc2)c1. The molecule has 2 rings (SSSR count). The molecule has 0 aromatic heterocycles. The van der Waals surface area contributed by atoms with E-state index in [0.29, 0.717) is 23.2 Å². The number of thiocarbonyl (C=S) groups is 1. The normalized spacial score (nSPS) is 10.4. The molecule has 0 fully saturated rings. The van der Waals surface area contributed by atoms with Crippen molar-refractivity contribution >= 4 is 23.5 Å². The Kier molecular flexibility index (Phi) is 7.04. The highest BCUT2D eigenvalue weighted by molar-refractivity contribution is 7.80. The number of nitrogens with zero attached hydrogens (tertiary/aromatic N) is 1. The van der Waals surface area contributed by atoms with E-state index in [0.717, 1.165) is 17.7 Å². The summed E-state index contributed by atoms with van der Waals surface area (Å²) >= 11 is 5.05. The Hall–Kier alpha value is -2.60. The lowest BCUT2D eigenvalue weighted by atomic mass is 10.2. The lowest BCUT2D eigenvalue weighted by Gasteiger charge is -2.11. The zero-order valence-corrected chi connectivity index (χ0v) is 14.6. The minimum atomic E-state index is 0.473. The fraction of sp³-hybridized carbons (Fsp3) is 0.222. The maximum atomic E-state index is 5.88. The van der Waals surface area contributed by atoms with Crippen LogP contribution in [0.15, 0.2) is 53.6 Å². The Balaban J connectivity index is 2.03. The Labute approximate surface area is 147 Å². The lowest BCUT2D eigenvalue weighted by molar-refractivity contribution is 0.284. The van der Waals surface area contributed by atoms with Crippen molar-refractivity contribution in [2.75, 3.05) is 13.7 Å². The molecule has 24 heavy (non-hydrogen) atoms. The zero-order valence-electron chi connectivity index (χ0n) is 13.8. The molecule has 0 saturated carbocycles. The maximum Gasteiger partial charge on any atom is 0.186 e. The van der Waals surface area contributed by atoms with E-state index in [1.54, 1.807) is 13.3 Å². The fourth-order valence-electron chi connectivity index (χ4n) is 1.99. The van der Waals surface area contributed by atoms with Crippen LogP contribution >= 0.6 is 12.2 Å². The number of ether oxygens (including phenoxy) is 2. The average molecular weight is 343 g/mol. The predicted molar refractivity (Wildman–Crippen MR) is 101 cm³/mol. The van der Waals surface area contributed by atoms with Gasteiger partial charge in [0.15, 0.2) is 16.6 Å². The molecule has 2 aromatic carbocycles. The monoisotopic (exact) mass is 343 g/mol. The van der Waals surface area contributed by atoms with Gasteiger partial charge in [-0.25, -0.2) is 0 Å². The van der Waals surface area contributed by atoms with Crippen molar-refractivity contribution in [2.45, 2.75) is 13.5 Å². The van der Waals surface area contributed by atoms with Crippen LogP contribution in [0, 0.1) is 0 Å². The van der Waals surface area contributed by atoms with Crippen LogP contribution in [0.25, 0.3) is 0 Å². The molecule has 0 saturated heterocycles. The van der Waals surface area contributed by atoms with Crippen molar-refractivity contribution in [1.82, 2.24) is 10.7 Å². The molecule has 6 heteroatoms. The molecule has 0 radical (unpaired) electrons. The highest BCUT2D eigenvalue weighted by Gasteiger charge is 2.05. The van der Waals surface area contributed by atoms with Gasteiger partial charge in [0.1, 0.15) is 6.61 Å². The molecule has 2 aromatic rings. The molecular weight excluding hydrogens is 322 g/mol. The highest BCUT2D eigenvalue weighted by Crippen LogP contribution is 2.28. The molecule has 0 atom stereocenters. The quantitative estimate of drug-likeness (QED) is 0.460. The first-order chi connectivity index (χ1) is 11.7. The van der Waals surface area contributed by atoms with Gasteiger partial charge in [-0.3, -0.25) is 5.43 Å². The van der Waals surface area contributed by atoms with E-state index in [1.165, 1.54) is 0 Å². The molecule has 2 N–H and O–H groups in total. The van der Waals surface area contributed by atoms with E-state index in [4.69, 9.17) is 21.7 Å². The van der Waals surface area contributed by atoms with Crippen LogP contribution in [0.3, 0.4) is 0 Å². The zero-order chi connectivity index (χ0) is 17.2. The van der Waals surface area contributed by atoms with E-state index in [-0.39, 0.29) is 0 Å². The summed E-state index contributed by atoms with van der Waals surface area (Å²) in [4.78, 5) is 0. The van der Waals surface area contributed by atoms with Gasteiger partial charge in [0, 0.05) is 6.54 Å². The number of benzene rings is 2. The van der Waals surface area contributed by atoms with Crippen molar-refractivity contribution in [2.24, 2.45) is 5.10 Å². The van der Waals surface area contributed by atoms with Gasteiger partial charge < -0.3 is 14.8 Å². The molecule has 0 aliphatic rings. The van der Waals surface area contributed by atoms with Gasteiger partial charge in [-0.15, -0.1) is 0 Å². The van der Waals surface area contributed by atoms with Crippen molar-refractivity contribution in [3.8, 4) is 11.5 Å². The van der Waals surface area contributed by atoms with Crippen LogP contribution < -0.4 is 20.2 Å². The topological polar surface area (TPSA) is 54.9 Å². The standard InChI is InChI=1S/C18H21N3O2S/c1-3-19-18(24)21-20-12-15-9-10-16(22-2)17(11-15)23-13-14-7-5-4-6-8-14/h4-12H,3,13H2,1-2H3,(H2,19,21,24). The lowest BCUT2D eigenvalue weighted by Crippen LogP contribution is -2.31. The van der Waals surface area contributed by atoms with Gasteiger partial charge in [0.05, 0.1) is 13.3 Å². The number of methoxy groups -OCH3 is 1. The van der Waals surface area contributed by atoms with Crippen LogP contribution in [0.4, 0.5) is 0 Å². The molecular formula is C18H21N3O2S. The summed E-state index contributed by atoms with van der Waals surface area (Å²) in [6, 6.07) is 15.6. The molecule has 0 bridgehead atoms. The average Bonchev–Trinajstić information content (AvgIpc) is 2.61. The third kappa shape index (κ3) is 5.55. The van der Waals surface area contributed by atoms with Gasteiger partial charge in [-0.1, -0.05) is 30.3 Å². The summed E-state index contributed by atoms with van der Waals surface area (Å²) in [5, 5.41) is 7.55. The Bertz CT molecular complexity index is 690. The van der Waals surface area contributed by atoms with Gasteiger partial charge in [-0.05, 0) is 48.5 Å². The van der Waals surface area contributed by atoms with Gasteiger partial charge >= 0.3 is 0 Å². The van der Waals surface area contributed by atoms with Crippen LogP contribution in [0.1, 0.15) is 18.1 Å². The van der Waals surface area contributed by atoms with Crippen molar-refractivity contribution in [3.63, 3.8) is 0 Å². The molecule has 0 amide bonds.